The molecule has 3 nitrogen and oxygen atoms in total. The van der Waals surface area contributed by atoms with E-state index in [4.69, 9.17) is 9.84 Å². The highest BCUT2D eigenvalue weighted by molar-refractivity contribution is 7.98. The molecule has 0 aliphatic carbocycles. The molecule has 1 aliphatic heterocycles. The first-order chi connectivity index (χ1) is 7.27. The monoisotopic (exact) mass is 224 g/mol. The van der Waals surface area contributed by atoms with E-state index < -0.39 is 5.97 Å². The fourth-order valence-corrected chi connectivity index (χ4v) is 2.42. The van der Waals surface area contributed by atoms with Gasteiger partial charge in [-0.1, -0.05) is 18.2 Å². The van der Waals surface area contributed by atoms with E-state index >= 15 is 0 Å². The average molecular weight is 224 g/mol. The van der Waals surface area contributed by atoms with Crippen LogP contribution < -0.4 is 4.74 Å². The van der Waals surface area contributed by atoms with E-state index in [0.29, 0.717) is 6.61 Å². The molecule has 15 heavy (non-hydrogen) atoms. The minimum Gasteiger partial charge on any atom is -0.492 e. The predicted molar refractivity (Wildman–Crippen MR) is 59.4 cm³/mol. The third-order valence-corrected chi connectivity index (χ3v) is 3.22. The van der Waals surface area contributed by atoms with Crippen LogP contribution in [-0.2, 0) is 17.0 Å². The van der Waals surface area contributed by atoms with Gasteiger partial charge in [-0.2, -0.15) is 11.8 Å². The summed E-state index contributed by atoms with van der Waals surface area (Å²) in [7, 11) is 0. The fourth-order valence-electron chi connectivity index (χ4n) is 1.62. The number of hydrogen-bond acceptors (Lipinski definition) is 3. The number of benzene rings is 1. The van der Waals surface area contributed by atoms with Crippen LogP contribution in [0, 0.1) is 0 Å². The standard InChI is InChI=1S/C11H12O3S/c12-10(13)6-8-2-1-3-9-7-15-5-4-14-11(8)9/h1-3H,4-7H2,(H,12,13). The summed E-state index contributed by atoms with van der Waals surface area (Å²) in [5.41, 5.74) is 1.89. The molecule has 0 atom stereocenters. The van der Waals surface area contributed by atoms with Crippen LogP contribution in [0.2, 0.25) is 0 Å². The number of fused-ring (bicyclic) bond motifs is 1. The first kappa shape index (κ1) is 10.4. The summed E-state index contributed by atoms with van der Waals surface area (Å²) < 4.78 is 5.60. The lowest BCUT2D eigenvalue weighted by Gasteiger charge is -2.10. The quantitative estimate of drug-likeness (QED) is 0.834. The van der Waals surface area contributed by atoms with Gasteiger partial charge in [-0.05, 0) is 0 Å². The summed E-state index contributed by atoms with van der Waals surface area (Å²) in [4.78, 5) is 10.7. The maximum Gasteiger partial charge on any atom is 0.307 e. The van der Waals surface area contributed by atoms with Crippen LogP contribution in [0.3, 0.4) is 0 Å². The number of thioether (sulfide) groups is 1. The van der Waals surface area contributed by atoms with Crippen LogP contribution in [0.5, 0.6) is 5.75 Å². The van der Waals surface area contributed by atoms with Gasteiger partial charge in [0.15, 0.2) is 0 Å². The second-order valence-corrected chi connectivity index (χ2v) is 4.48. The number of carbonyl (C=O) groups is 1. The van der Waals surface area contributed by atoms with Crippen molar-refractivity contribution < 1.29 is 14.6 Å². The highest BCUT2D eigenvalue weighted by atomic mass is 32.2. The van der Waals surface area contributed by atoms with Crippen LogP contribution >= 0.6 is 11.8 Å². The number of carboxylic acids is 1. The molecule has 4 heteroatoms. The molecule has 0 saturated heterocycles. The summed E-state index contributed by atoms with van der Waals surface area (Å²) in [6.07, 6.45) is 0.0356. The molecule has 0 amide bonds. The molecule has 1 aliphatic rings. The molecule has 0 saturated carbocycles. The Balaban J connectivity index is 2.34. The van der Waals surface area contributed by atoms with Gasteiger partial charge < -0.3 is 9.84 Å². The van der Waals surface area contributed by atoms with Crippen molar-refractivity contribution in [1.82, 2.24) is 0 Å². The number of para-hydroxylation sites is 1. The Morgan fingerprint density at radius 1 is 1.53 bits per heavy atom. The Kier molecular flexibility index (Phi) is 3.16. The summed E-state index contributed by atoms with van der Waals surface area (Å²) in [6, 6.07) is 5.72. The van der Waals surface area contributed by atoms with Crippen molar-refractivity contribution in [3.63, 3.8) is 0 Å². The number of aliphatic carboxylic acids is 1. The summed E-state index contributed by atoms with van der Waals surface area (Å²) in [5, 5.41) is 8.78. The van der Waals surface area contributed by atoms with Crippen molar-refractivity contribution in [2.45, 2.75) is 12.2 Å². The highest BCUT2D eigenvalue weighted by Crippen LogP contribution is 2.30. The van der Waals surface area contributed by atoms with Crippen LogP contribution in [0.4, 0.5) is 0 Å². The second kappa shape index (κ2) is 4.57. The van der Waals surface area contributed by atoms with Crippen LogP contribution in [0.1, 0.15) is 11.1 Å². The first-order valence-corrected chi connectivity index (χ1v) is 5.96. The molecule has 1 N–H and O–H groups in total. The fraction of sp³-hybridized carbons (Fsp3) is 0.364. The van der Waals surface area contributed by atoms with Gasteiger partial charge >= 0.3 is 5.97 Å². The van der Waals surface area contributed by atoms with Crippen LogP contribution in [-0.4, -0.2) is 23.4 Å². The van der Waals surface area contributed by atoms with Crippen molar-refractivity contribution in [3.05, 3.63) is 29.3 Å². The van der Waals surface area contributed by atoms with Crippen molar-refractivity contribution in [2.24, 2.45) is 0 Å². The van der Waals surface area contributed by atoms with E-state index in [0.717, 1.165) is 28.4 Å². The van der Waals surface area contributed by atoms with Crippen LogP contribution in [0.15, 0.2) is 18.2 Å². The molecule has 0 unspecified atom stereocenters. The molecular formula is C11H12O3S. The smallest absolute Gasteiger partial charge is 0.307 e. The van der Waals surface area contributed by atoms with Gasteiger partial charge in [0, 0.05) is 22.6 Å². The molecule has 0 fully saturated rings. The number of rotatable bonds is 2. The maximum atomic E-state index is 10.7. The van der Waals surface area contributed by atoms with Crippen LogP contribution in [0.25, 0.3) is 0 Å². The summed E-state index contributed by atoms with van der Waals surface area (Å²) >= 11 is 1.81. The first-order valence-electron chi connectivity index (χ1n) is 4.80. The SMILES string of the molecule is O=C(O)Cc1cccc2c1OCCSC2. The lowest BCUT2D eigenvalue weighted by Crippen LogP contribution is -2.05. The van der Waals surface area contributed by atoms with E-state index in [1.807, 2.05) is 30.0 Å². The Bertz CT molecular complexity index is 376. The Labute approximate surface area is 92.4 Å². The molecule has 0 spiro atoms. The van der Waals surface area contributed by atoms with E-state index in [1.165, 1.54) is 0 Å². The minimum absolute atomic E-state index is 0.0356. The Morgan fingerprint density at radius 3 is 3.20 bits per heavy atom. The van der Waals surface area contributed by atoms with E-state index in [9.17, 15) is 4.79 Å². The van der Waals surface area contributed by atoms with E-state index in [1.54, 1.807) is 0 Å². The molecule has 1 heterocycles. The second-order valence-electron chi connectivity index (χ2n) is 3.38. The Hall–Kier alpha value is -1.16. The van der Waals surface area contributed by atoms with E-state index in [-0.39, 0.29) is 6.42 Å². The lowest BCUT2D eigenvalue weighted by atomic mass is 10.1. The van der Waals surface area contributed by atoms with Gasteiger partial charge in [0.25, 0.3) is 0 Å². The molecular weight excluding hydrogens is 212 g/mol. The number of ether oxygens (including phenoxy) is 1. The summed E-state index contributed by atoms with van der Waals surface area (Å²) in [6.45, 7) is 0.661. The molecule has 80 valence electrons. The van der Waals surface area contributed by atoms with E-state index in [2.05, 4.69) is 0 Å². The highest BCUT2D eigenvalue weighted by Gasteiger charge is 2.14. The van der Waals surface area contributed by atoms with Crippen molar-refractivity contribution in [2.75, 3.05) is 12.4 Å². The third-order valence-electron chi connectivity index (χ3n) is 2.25. The van der Waals surface area contributed by atoms with Gasteiger partial charge in [0.1, 0.15) is 5.75 Å². The maximum absolute atomic E-state index is 10.7. The molecule has 1 aromatic rings. The molecule has 0 aromatic heterocycles. The van der Waals surface area contributed by atoms with Crippen molar-refractivity contribution in [3.8, 4) is 5.75 Å². The number of hydrogen-bond donors (Lipinski definition) is 1. The van der Waals surface area contributed by atoms with Gasteiger partial charge in [-0.25, -0.2) is 0 Å². The van der Waals surface area contributed by atoms with Gasteiger partial charge in [0.05, 0.1) is 13.0 Å². The van der Waals surface area contributed by atoms with Gasteiger partial charge in [-0.15, -0.1) is 0 Å². The largest absolute Gasteiger partial charge is 0.492 e. The third kappa shape index (κ3) is 2.45. The van der Waals surface area contributed by atoms with Crippen molar-refractivity contribution in [1.29, 1.82) is 0 Å². The minimum atomic E-state index is -0.816. The number of carboxylic acid groups (broad SMARTS) is 1. The zero-order valence-electron chi connectivity index (χ0n) is 8.23. The van der Waals surface area contributed by atoms with Gasteiger partial charge in [-0.3, -0.25) is 4.79 Å². The Morgan fingerprint density at radius 2 is 2.40 bits per heavy atom. The topological polar surface area (TPSA) is 46.5 Å². The summed E-state index contributed by atoms with van der Waals surface area (Å²) in [5.74, 6) is 1.83. The van der Waals surface area contributed by atoms with Crippen molar-refractivity contribution >= 4 is 17.7 Å². The molecule has 0 bridgehead atoms. The lowest BCUT2D eigenvalue weighted by molar-refractivity contribution is -0.136. The molecule has 1 aromatic carbocycles. The molecule has 2 rings (SSSR count). The predicted octanol–water partition coefficient (Wildman–Crippen LogP) is 1.94. The zero-order valence-corrected chi connectivity index (χ0v) is 9.05. The average Bonchev–Trinajstić information content (AvgIpc) is 2.42. The normalized spacial score (nSPS) is 14.9. The van der Waals surface area contributed by atoms with Gasteiger partial charge in [0.2, 0.25) is 0 Å². The molecule has 0 radical (unpaired) electrons. The zero-order chi connectivity index (χ0) is 10.7.